The molecular weight excluding hydrogens is 254 g/mol. The predicted molar refractivity (Wildman–Crippen MR) is 77.3 cm³/mol. The van der Waals surface area contributed by atoms with E-state index >= 15 is 0 Å². The van der Waals surface area contributed by atoms with Crippen LogP contribution in [0, 0.1) is 11.8 Å². The molecule has 0 bridgehead atoms. The fourth-order valence-electron chi connectivity index (χ4n) is 3.61. The Balaban J connectivity index is 1.84. The van der Waals surface area contributed by atoms with E-state index in [0.717, 1.165) is 19.3 Å². The lowest BCUT2D eigenvalue weighted by molar-refractivity contribution is -0.149. The fourth-order valence-corrected chi connectivity index (χ4v) is 3.61. The third-order valence-electron chi connectivity index (χ3n) is 5.17. The van der Waals surface area contributed by atoms with Gasteiger partial charge in [0.25, 0.3) is 0 Å². The average Bonchev–Trinajstić information content (AvgIpc) is 2.92. The highest BCUT2D eigenvalue weighted by Gasteiger charge is 2.42. The molecule has 4 heteroatoms. The van der Waals surface area contributed by atoms with Gasteiger partial charge in [-0.05, 0) is 43.9 Å². The van der Waals surface area contributed by atoms with Gasteiger partial charge in [-0.2, -0.15) is 0 Å². The van der Waals surface area contributed by atoms with Crippen LogP contribution in [0.2, 0.25) is 0 Å². The first-order chi connectivity index (χ1) is 9.52. The zero-order chi connectivity index (χ0) is 14.6. The summed E-state index contributed by atoms with van der Waals surface area (Å²) < 4.78 is 0. The van der Waals surface area contributed by atoms with Gasteiger partial charge in [0.2, 0.25) is 5.91 Å². The molecule has 2 aliphatic rings. The van der Waals surface area contributed by atoms with Crippen molar-refractivity contribution in [1.82, 2.24) is 5.32 Å². The van der Waals surface area contributed by atoms with Crippen molar-refractivity contribution < 1.29 is 14.7 Å². The Morgan fingerprint density at radius 2 is 1.75 bits per heavy atom. The van der Waals surface area contributed by atoms with Crippen LogP contribution in [-0.2, 0) is 9.59 Å². The minimum Gasteiger partial charge on any atom is -0.480 e. The standard InChI is InChI=1S/C16H27NO3/c1-12-8-10-16(11-9-12,15(19)20)17-14(18)7-6-13-4-2-3-5-13/h12-13H,2-11H2,1H3,(H,17,18)(H,19,20). The van der Waals surface area contributed by atoms with Crippen molar-refractivity contribution >= 4 is 11.9 Å². The van der Waals surface area contributed by atoms with Gasteiger partial charge in [0.15, 0.2) is 0 Å². The molecule has 0 aromatic heterocycles. The molecular formula is C16H27NO3. The number of carbonyl (C=O) groups is 2. The van der Waals surface area contributed by atoms with Crippen LogP contribution in [0.4, 0.5) is 0 Å². The predicted octanol–water partition coefficient (Wildman–Crippen LogP) is 3.11. The monoisotopic (exact) mass is 281 g/mol. The molecule has 2 rings (SSSR count). The first kappa shape index (κ1) is 15.3. The second kappa shape index (κ2) is 6.59. The van der Waals surface area contributed by atoms with Gasteiger partial charge < -0.3 is 10.4 Å². The van der Waals surface area contributed by atoms with Crippen molar-refractivity contribution in [1.29, 1.82) is 0 Å². The molecule has 0 spiro atoms. The summed E-state index contributed by atoms with van der Waals surface area (Å²) in [7, 11) is 0. The van der Waals surface area contributed by atoms with Crippen molar-refractivity contribution in [2.24, 2.45) is 11.8 Å². The third kappa shape index (κ3) is 3.74. The fraction of sp³-hybridized carbons (Fsp3) is 0.875. The molecule has 20 heavy (non-hydrogen) atoms. The van der Waals surface area contributed by atoms with Gasteiger partial charge in [-0.3, -0.25) is 4.79 Å². The second-order valence-electron chi connectivity index (χ2n) is 6.81. The van der Waals surface area contributed by atoms with Crippen LogP contribution >= 0.6 is 0 Å². The molecule has 0 saturated heterocycles. The Labute approximate surface area is 121 Å². The van der Waals surface area contributed by atoms with Crippen LogP contribution in [0.15, 0.2) is 0 Å². The van der Waals surface area contributed by atoms with Crippen LogP contribution in [0.3, 0.4) is 0 Å². The molecule has 0 atom stereocenters. The van der Waals surface area contributed by atoms with Crippen LogP contribution < -0.4 is 5.32 Å². The van der Waals surface area contributed by atoms with Gasteiger partial charge in [-0.25, -0.2) is 4.79 Å². The minimum atomic E-state index is -1.00. The normalized spacial score (nSPS) is 31.1. The number of hydrogen-bond acceptors (Lipinski definition) is 2. The van der Waals surface area contributed by atoms with Crippen molar-refractivity contribution in [3.63, 3.8) is 0 Å². The van der Waals surface area contributed by atoms with E-state index in [2.05, 4.69) is 12.2 Å². The Bertz CT molecular complexity index is 353. The molecule has 0 radical (unpaired) electrons. The first-order valence-electron chi connectivity index (χ1n) is 8.06. The average molecular weight is 281 g/mol. The number of carboxylic acids is 1. The lowest BCUT2D eigenvalue weighted by atomic mass is 9.77. The summed E-state index contributed by atoms with van der Waals surface area (Å²) in [6.45, 7) is 2.15. The smallest absolute Gasteiger partial charge is 0.329 e. The van der Waals surface area contributed by atoms with Crippen LogP contribution in [0.25, 0.3) is 0 Å². The van der Waals surface area contributed by atoms with Crippen LogP contribution in [-0.4, -0.2) is 22.5 Å². The molecule has 0 heterocycles. The second-order valence-corrected chi connectivity index (χ2v) is 6.81. The number of nitrogens with one attached hydrogen (secondary N) is 1. The highest BCUT2D eigenvalue weighted by atomic mass is 16.4. The van der Waals surface area contributed by atoms with E-state index in [1.54, 1.807) is 0 Å². The van der Waals surface area contributed by atoms with Gasteiger partial charge in [0, 0.05) is 6.42 Å². The lowest BCUT2D eigenvalue weighted by Gasteiger charge is -2.36. The van der Waals surface area contributed by atoms with E-state index in [1.165, 1.54) is 25.7 Å². The number of amides is 1. The zero-order valence-corrected chi connectivity index (χ0v) is 12.5. The van der Waals surface area contributed by atoms with Crippen molar-refractivity contribution in [2.75, 3.05) is 0 Å². The van der Waals surface area contributed by atoms with Gasteiger partial charge in [0.1, 0.15) is 5.54 Å². The quantitative estimate of drug-likeness (QED) is 0.813. The summed E-state index contributed by atoms with van der Waals surface area (Å²) in [6.07, 6.45) is 9.32. The van der Waals surface area contributed by atoms with E-state index < -0.39 is 11.5 Å². The highest BCUT2D eigenvalue weighted by Crippen LogP contribution is 2.33. The molecule has 0 aromatic carbocycles. The van der Waals surface area contributed by atoms with Crippen LogP contribution in [0.5, 0.6) is 0 Å². The number of rotatable bonds is 5. The molecule has 0 aromatic rings. The SMILES string of the molecule is CC1CCC(NC(=O)CCC2CCCC2)(C(=O)O)CC1. The van der Waals surface area contributed by atoms with E-state index in [9.17, 15) is 14.7 Å². The lowest BCUT2D eigenvalue weighted by Crippen LogP contribution is -2.56. The Morgan fingerprint density at radius 3 is 2.30 bits per heavy atom. The van der Waals surface area contributed by atoms with Crippen LogP contribution in [0.1, 0.15) is 71.1 Å². The van der Waals surface area contributed by atoms with Gasteiger partial charge in [-0.1, -0.05) is 32.6 Å². The number of aliphatic carboxylic acids is 1. The molecule has 1 amide bonds. The summed E-state index contributed by atoms with van der Waals surface area (Å²) in [4.78, 5) is 23.6. The first-order valence-corrected chi connectivity index (χ1v) is 8.06. The summed E-state index contributed by atoms with van der Waals surface area (Å²) in [5.74, 6) is 0.304. The van der Waals surface area contributed by atoms with E-state index in [-0.39, 0.29) is 5.91 Å². The third-order valence-corrected chi connectivity index (χ3v) is 5.17. The molecule has 0 unspecified atom stereocenters. The molecule has 2 aliphatic carbocycles. The molecule has 4 nitrogen and oxygen atoms in total. The van der Waals surface area contributed by atoms with Crippen molar-refractivity contribution in [3.05, 3.63) is 0 Å². The Morgan fingerprint density at radius 1 is 1.15 bits per heavy atom. The Kier molecular flexibility index (Phi) is 5.06. The maximum Gasteiger partial charge on any atom is 0.329 e. The van der Waals surface area contributed by atoms with Crippen molar-refractivity contribution in [3.8, 4) is 0 Å². The summed E-state index contributed by atoms with van der Waals surface area (Å²) in [5.41, 5.74) is -1.00. The summed E-state index contributed by atoms with van der Waals surface area (Å²) >= 11 is 0. The molecule has 2 fully saturated rings. The highest BCUT2D eigenvalue weighted by molar-refractivity contribution is 5.87. The van der Waals surface area contributed by atoms with E-state index in [1.807, 2.05) is 0 Å². The molecule has 114 valence electrons. The zero-order valence-electron chi connectivity index (χ0n) is 12.5. The maximum absolute atomic E-state index is 12.1. The van der Waals surface area contributed by atoms with Gasteiger partial charge in [0.05, 0.1) is 0 Å². The van der Waals surface area contributed by atoms with Crippen molar-refractivity contribution in [2.45, 2.75) is 76.7 Å². The largest absolute Gasteiger partial charge is 0.480 e. The maximum atomic E-state index is 12.1. The molecule has 0 aliphatic heterocycles. The van der Waals surface area contributed by atoms with E-state index in [4.69, 9.17) is 0 Å². The van der Waals surface area contributed by atoms with Gasteiger partial charge >= 0.3 is 5.97 Å². The summed E-state index contributed by atoms with van der Waals surface area (Å²) in [6, 6.07) is 0. The number of carbonyl (C=O) groups excluding carboxylic acids is 1. The topological polar surface area (TPSA) is 66.4 Å². The molecule has 2 N–H and O–H groups in total. The Hall–Kier alpha value is -1.06. The summed E-state index contributed by atoms with van der Waals surface area (Å²) in [5, 5.41) is 12.3. The number of hydrogen-bond donors (Lipinski definition) is 2. The minimum absolute atomic E-state index is 0.0751. The molecule has 2 saturated carbocycles. The van der Waals surface area contributed by atoms with Gasteiger partial charge in [-0.15, -0.1) is 0 Å². The number of carboxylic acid groups (broad SMARTS) is 1. The van der Waals surface area contributed by atoms with E-state index in [0.29, 0.717) is 31.1 Å².